The predicted octanol–water partition coefficient (Wildman–Crippen LogP) is 3.44. The normalized spacial score (nSPS) is 10.3. The van der Waals surface area contributed by atoms with Crippen molar-refractivity contribution in [3.63, 3.8) is 0 Å². The van der Waals surface area contributed by atoms with Crippen molar-refractivity contribution in [2.24, 2.45) is 0 Å². The van der Waals surface area contributed by atoms with Crippen molar-refractivity contribution in [3.05, 3.63) is 65.9 Å². The van der Waals surface area contributed by atoms with Crippen LogP contribution in [0.1, 0.15) is 5.56 Å². The van der Waals surface area contributed by atoms with E-state index in [9.17, 15) is 13.6 Å². The molecular formula is C19H19F2N7O. The molecule has 4 N–H and O–H groups in total. The molecule has 10 heteroatoms. The zero-order chi connectivity index (χ0) is 20.6. The minimum atomic E-state index is -0.767. The van der Waals surface area contributed by atoms with E-state index in [1.54, 1.807) is 18.3 Å². The third-order valence-electron chi connectivity index (χ3n) is 3.67. The van der Waals surface area contributed by atoms with Crippen molar-refractivity contribution in [1.82, 2.24) is 20.5 Å². The summed E-state index contributed by atoms with van der Waals surface area (Å²) < 4.78 is 26.2. The van der Waals surface area contributed by atoms with E-state index < -0.39 is 17.7 Å². The number of hydrogen-bond donors (Lipinski definition) is 4. The van der Waals surface area contributed by atoms with Crippen LogP contribution in [0.3, 0.4) is 0 Å². The van der Waals surface area contributed by atoms with Gasteiger partial charge in [0.05, 0.1) is 0 Å². The number of carbonyl (C=O) groups excluding carboxylic acids is 1. The van der Waals surface area contributed by atoms with Crippen LogP contribution < -0.4 is 21.3 Å². The lowest BCUT2D eigenvalue weighted by atomic mass is 10.3. The number of aromatic nitrogens is 3. The van der Waals surface area contributed by atoms with Crippen LogP contribution in [0.15, 0.2) is 48.7 Å². The van der Waals surface area contributed by atoms with Gasteiger partial charge in [0.1, 0.15) is 23.3 Å². The average Bonchev–Trinajstić information content (AvgIpc) is 2.66. The standard InChI is InChI=1S/C19H19F2N7O/c1-12-4-5-22-18(8-12)26-17-3-2-16(27-28-17)23-6-7-24-19(29)25-15-10-13(20)9-14(21)11-15/h2-5,8-11H,6-7H2,1H3,(H,23,27)(H,22,26,28)(H2,24,25,29). The van der Waals surface area contributed by atoms with Gasteiger partial charge in [-0.15, -0.1) is 10.2 Å². The fourth-order valence-corrected chi connectivity index (χ4v) is 2.40. The molecule has 3 aromatic rings. The van der Waals surface area contributed by atoms with Crippen molar-refractivity contribution < 1.29 is 13.6 Å². The van der Waals surface area contributed by atoms with Gasteiger partial charge in [-0.3, -0.25) is 0 Å². The number of anilines is 4. The molecule has 2 amide bonds. The fourth-order valence-electron chi connectivity index (χ4n) is 2.40. The molecule has 2 heterocycles. The highest BCUT2D eigenvalue weighted by Crippen LogP contribution is 2.14. The summed E-state index contributed by atoms with van der Waals surface area (Å²) in [6, 6.07) is 9.48. The summed E-state index contributed by atoms with van der Waals surface area (Å²) in [4.78, 5) is 15.9. The molecule has 0 fully saturated rings. The highest BCUT2D eigenvalue weighted by Gasteiger charge is 2.05. The third-order valence-corrected chi connectivity index (χ3v) is 3.67. The van der Waals surface area contributed by atoms with Crippen LogP contribution in [0, 0.1) is 18.6 Å². The Balaban J connectivity index is 1.40. The molecule has 0 saturated carbocycles. The molecule has 0 aliphatic heterocycles. The predicted molar refractivity (Wildman–Crippen MR) is 106 cm³/mol. The summed E-state index contributed by atoms with van der Waals surface area (Å²) in [5.41, 5.74) is 1.11. The quantitative estimate of drug-likeness (QED) is 0.454. The number of nitrogens with zero attached hydrogens (tertiary/aromatic N) is 3. The topological polar surface area (TPSA) is 104 Å². The number of rotatable bonds is 7. The van der Waals surface area contributed by atoms with Gasteiger partial charge in [0, 0.05) is 31.0 Å². The van der Waals surface area contributed by atoms with Gasteiger partial charge in [0.25, 0.3) is 0 Å². The number of urea groups is 1. The van der Waals surface area contributed by atoms with Crippen LogP contribution in [0.2, 0.25) is 0 Å². The number of nitrogens with one attached hydrogen (secondary N) is 4. The second-order valence-electron chi connectivity index (χ2n) is 6.11. The first-order valence-corrected chi connectivity index (χ1v) is 8.76. The maximum absolute atomic E-state index is 13.1. The van der Waals surface area contributed by atoms with Gasteiger partial charge in [-0.25, -0.2) is 18.6 Å². The number of aryl methyl sites for hydroxylation is 1. The van der Waals surface area contributed by atoms with Crippen molar-refractivity contribution in [1.29, 1.82) is 0 Å². The molecule has 8 nitrogen and oxygen atoms in total. The van der Waals surface area contributed by atoms with E-state index in [0.29, 0.717) is 24.0 Å². The van der Waals surface area contributed by atoms with Crippen LogP contribution >= 0.6 is 0 Å². The van der Waals surface area contributed by atoms with Gasteiger partial charge in [0.2, 0.25) is 0 Å². The average molecular weight is 399 g/mol. The lowest BCUT2D eigenvalue weighted by Gasteiger charge is -2.09. The number of hydrogen-bond acceptors (Lipinski definition) is 6. The minimum absolute atomic E-state index is 0.0324. The Kier molecular flexibility index (Phi) is 6.46. The number of benzene rings is 1. The van der Waals surface area contributed by atoms with E-state index in [0.717, 1.165) is 23.8 Å². The van der Waals surface area contributed by atoms with Gasteiger partial charge >= 0.3 is 6.03 Å². The van der Waals surface area contributed by atoms with E-state index >= 15 is 0 Å². The lowest BCUT2D eigenvalue weighted by Crippen LogP contribution is -2.32. The van der Waals surface area contributed by atoms with Crippen molar-refractivity contribution >= 4 is 29.2 Å². The van der Waals surface area contributed by atoms with Crippen LogP contribution in [-0.2, 0) is 0 Å². The molecule has 150 valence electrons. The molecule has 0 saturated heterocycles. The molecule has 0 radical (unpaired) electrons. The van der Waals surface area contributed by atoms with E-state index in [2.05, 4.69) is 36.4 Å². The second kappa shape index (κ2) is 9.40. The van der Waals surface area contributed by atoms with E-state index in [-0.39, 0.29) is 12.2 Å². The molecule has 1 aromatic carbocycles. The zero-order valence-electron chi connectivity index (χ0n) is 15.5. The highest BCUT2D eigenvalue weighted by atomic mass is 19.1. The minimum Gasteiger partial charge on any atom is -0.367 e. The van der Waals surface area contributed by atoms with Crippen LogP contribution in [0.5, 0.6) is 0 Å². The van der Waals surface area contributed by atoms with E-state index in [4.69, 9.17) is 0 Å². The number of halogens is 2. The summed E-state index contributed by atoms with van der Waals surface area (Å²) in [5.74, 6) is 0.220. The molecule has 0 atom stereocenters. The molecular weight excluding hydrogens is 380 g/mol. The van der Waals surface area contributed by atoms with Gasteiger partial charge in [-0.05, 0) is 48.9 Å². The SMILES string of the molecule is Cc1ccnc(Nc2ccc(NCCNC(=O)Nc3cc(F)cc(F)c3)nn2)c1. The van der Waals surface area contributed by atoms with E-state index in [1.807, 2.05) is 19.1 Å². The maximum atomic E-state index is 13.1. The lowest BCUT2D eigenvalue weighted by molar-refractivity contribution is 0.252. The summed E-state index contributed by atoms with van der Waals surface area (Å²) in [7, 11) is 0. The Morgan fingerprint density at radius 3 is 2.34 bits per heavy atom. The fraction of sp³-hybridized carbons (Fsp3) is 0.158. The van der Waals surface area contributed by atoms with Crippen LogP contribution in [0.4, 0.5) is 36.7 Å². The van der Waals surface area contributed by atoms with Crippen LogP contribution in [-0.4, -0.2) is 34.3 Å². The monoisotopic (exact) mass is 399 g/mol. The van der Waals surface area contributed by atoms with Crippen LogP contribution in [0.25, 0.3) is 0 Å². The van der Waals surface area contributed by atoms with Crippen molar-refractivity contribution in [2.45, 2.75) is 6.92 Å². The molecule has 0 aliphatic rings. The second-order valence-corrected chi connectivity index (χ2v) is 6.11. The third kappa shape index (κ3) is 6.38. The van der Waals surface area contributed by atoms with Crippen molar-refractivity contribution in [3.8, 4) is 0 Å². The first kappa shape index (κ1) is 19.9. The van der Waals surface area contributed by atoms with E-state index in [1.165, 1.54) is 0 Å². The van der Waals surface area contributed by atoms with Gasteiger partial charge in [0.15, 0.2) is 5.82 Å². The summed E-state index contributed by atoms with van der Waals surface area (Å²) in [5, 5.41) is 19.1. The molecule has 0 unspecified atom stereocenters. The first-order chi connectivity index (χ1) is 14.0. The Bertz CT molecular complexity index is 962. The molecule has 0 spiro atoms. The zero-order valence-corrected chi connectivity index (χ0v) is 15.5. The maximum Gasteiger partial charge on any atom is 0.319 e. The highest BCUT2D eigenvalue weighted by molar-refractivity contribution is 5.89. The number of amides is 2. The molecule has 0 bridgehead atoms. The Labute approximate surface area is 165 Å². The molecule has 29 heavy (non-hydrogen) atoms. The Morgan fingerprint density at radius 2 is 1.66 bits per heavy atom. The smallest absolute Gasteiger partial charge is 0.319 e. The largest absolute Gasteiger partial charge is 0.367 e. The van der Waals surface area contributed by atoms with Gasteiger partial charge in [-0.1, -0.05) is 0 Å². The number of pyridine rings is 1. The summed E-state index contributed by atoms with van der Waals surface area (Å²) >= 11 is 0. The number of carbonyl (C=O) groups is 1. The molecule has 0 aliphatic carbocycles. The Morgan fingerprint density at radius 1 is 0.931 bits per heavy atom. The van der Waals surface area contributed by atoms with Gasteiger partial charge < -0.3 is 21.3 Å². The molecule has 2 aromatic heterocycles. The summed E-state index contributed by atoms with van der Waals surface area (Å²) in [6.07, 6.45) is 1.70. The Hall–Kier alpha value is -3.82. The first-order valence-electron chi connectivity index (χ1n) is 8.76. The molecule has 3 rings (SSSR count). The van der Waals surface area contributed by atoms with Crippen molar-refractivity contribution in [2.75, 3.05) is 29.0 Å². The summed E-state index contributed by atoms with van der Waals surface area (Å²) in [6.45, 7) is 2.61. The van der Waals surface area contributed by atoms with Gasteiger partial charge in [-0.2, -0.15) is 0 Å².